The zero-order valence-electron chi connectivity index (χ0n) is 13.0. The summed E-state index contributed by atoms with van der Waals surface area (Å²) < 4.78 is 0. The van der Waals surface area contributed by atoms with Crippen LogP contribution in [0, 0.1) is 6.92 Å². The normalized spacial score (nSPS) is 16.8. The van der Waals surface area contributed by atoms with Crippen LogP contribution in [0.25, 0.3) is 0 Å². The van der Waals surface area contributed by atoms with Crippen molar-refractivity contribution in [3.8, 4) is 0 Å². The third kappa shape index (κ3) is 4.84. The van der Waals surface area contributed by atoms with Crippen LogP contribution in [-0.2, 0) is 4.79 Å². The van der Waals surface area contributed by atoms with Crippen molar-refractivity contribution in [2.75, 3.05) is 13.1 Å². The number of hydrogen-bond donors (Lipinski definition) is 3. The lowest BCUT2D eigenvalue weighted by atomic mass is 9.85. The third-order valence-electron chi connectivity index (χ3n) is 4.09. The molecular formula is C17H24N2O3. The van der Waals surface area contributed by atoms with Crippen LogP contribution in [0.5, 0.6) is 0 Å². The van der Waals surface area contributed by atoms with Gasteiger partial charge in [-0.25, -0.2) is 0 Å². The predicted octanol–water partition coefficient (Wildman–Crippen LogP) is 1.54. The van der Waals surface area contributed by atoms with E-state index in [0.29, 0.717) is 5.56 Å². The van der Waals surface area contributed by atoms with Gasteiger partial charge in [-0.1, -0.05) is 37.0 Å². The van der Waals surface area contributed by atoms with Gasteiger partial charge >= 0.3 is 0 Å². The number of carbonyl (C=O) groups excluding carboxylic acids is 2. The summed E-state index contributed by atoms with van der Waals surface area (Å²) in [4.78, 5) is 23.7. The van der Waals surface area contributed by atoms with Crippen molar-refractivity contribution in [3.05, 3.63) is 35.4 Å². The summed E-state index contributed by atoms with van der Waals surface area (Å²) in [5.41, 5.74) is 0.754. The molecule has 1 aliphatic rings. The SMILES string of the molecule is Cc1cccc(C(=O)NCC(=O)NCC2(O)CCCCC2)c1. The van der Waals surface area contributed by atoms with Crippen LogP contribution in [0.15, 0.2) is 24.3 Å². The van der Waals surface area contributed by atoms with Gasteiger partial charge in [-0.15, -0.1) is 0 Å². The summed E-state index contributed by atoms with van der Waals surface area (Å²) in [6, 6.07) is 7.21. The van der Waals surface area contributed by atoms with Crippen LogP contribution in [0.2, 0.25) is 0 Å². The largest absolute Gasteiger partial charge is 0.388 e. The summed E-state index contributed by atoms with van der Waals surface area (Å²) in [5, 5.41) is 15.6. The number of amides is 2. The Bertz CT molecular complexity index is 536. The highest BCUT2D eigenvalue weighted by Crippen LogP contribution is 2.27. The molecule has 22 heavy (non-hydrogen) atoms. The molecule has 1 aromatic carbocycles. The number of aliphatic hydroxyl groups is 1. The minimum atomic E-state index is -0.783. The van der Waals surface area contributed by atoms with E-state index in [1.807, 2.05) is 19.1 Å². The molecule has 0 aromatic heterocycles. The summed E-state index contributed by atoms with van der Waals surface area (Å²) >= 11 is 0. The molecule has 0 radical (unpaired) electrons. The average Bonchev–Trinajstić information content (AvgIpc) is 2.51. The number of aryl methyl sites for hydroxylation is 1. The number of carbonyl (C=O) groups is 2. The van der Waals surface area contributed by atoms with E-state index >= 15 is 0 Å². The first kappa shape index (κ1) is 16.5. The molecule has 2 amide bonds. The maximum atomic E-state index is 11.9. The molecule has 1 fully saturated rings. The number of rotatable bonds is 5. The van der Waals surface area contributed by atoms with Gasteiger partial charge in [0.15, 0.2) is 0 Å². The molecule has 2 rings (SSSR count). The van der Waals surface area contributed by atoms with Gasteiger partial charge in [0, 0.05) is 12.1 Å². The molecule has 0 unspecified atom stereocenters. The van der Waals surface area contributed by atoms with Crippen LogP contribution in [-0.4, -0.2) is 35.6 Å². The van der Waals surface area contributed by atoms with Gasteiger partial charge in [-0.3, -0.25) is 9.59 Å². The predicted molar refractivity (Wildman–Crippen MR) is 84.6 cm³/mol. The number of hydrogen-bond acceptors (Lipinski definition) is 3. The van der Waals surface area contributed by atoms with Crippen LogP contribution < -0.4 is 10.6 Å². The van der Waals surface area contributed by atoms with E-state index in [0.717, 1.165) is 37.7 Å². The molecule has 5 nitrogen and oxygen atoms in total. The molecule has 1 aromatic rings. The first-order valence-electron chi connectivity index (χ1n) is 7.82. The second-order valence-corrected chi connectivity index (χ2v) is 6.11. The summed E-state index contributed by atoms with van der Waals surface area (Å²) in [6.07, 6.45) is 4.58. The minimum absolute atomic E-state index is 0.0805. The molecule has 0 saturated heterocycles. The minimum Gasteiger partial charge on any atom is -0.388 e. The van der Waals surface area contributed by atoms with Gasteiger partial charge < -0.3 is 15.7 Å². The maximum Gasteiger partial charge on any atom is 0.251 e. The zero-order valence-corrected chi connectivity index (χ0v) is 13.0. The van der Waals surface area contributed by atoms with Crippen LogP contribution >= 0.6 is 0 Å². The van der Waals surface area contributed by atoms with Crippen molar-refractivity contribution in [1.29, 1.82) is 0 Å². The Labute approximate surface area is 131 Å². The highest BCUT2D eigenvalue weighted by atomic mass is 16.3. The fraction of sp³-hybridized carbons (Fsp3) is 0.529. The standard InChI is InChI=1S/C17H24N2O3/c1-13-6-5-7-14(10-13)16(21)18-11-15(20)19-12-17(22)8-3-2-4-9-17/h5-7,10,22H,2-4,8-9,11-12H2,1H3,(H,18,21)(H,19,20). The van der Waals surface area contributed by atoms with E-state index in [2.05, 4.69) is 10.6 Å². The fourth-order valence-electron chi connectivity index (χ4n) is 2.76. The third-order valence-corrected chi connectivity index (χ3v) is 4.09. The Morgan fingerprint density at radius 2 is 1.91 bits per heavy atom. The lowest BCUT2D eigenvalue weighted by molar-refractivity contribution is -0.121. The first-order chi connectivity index (χ1) is 10.5. The van der Waals surface area contributed by atoms with Gasteiger partial charge in [0.25, 0.3) is 5.91 Å². The molecule has 3 N–H and O–H groups in total. The highest BCUT2D eigenvalue weighted by molar-refractivity contribution is 5.96. The maximum absolute atomic E-state index is 11.9. The second kappa shape index (κ2) is 7.40. The summed E-state index contributed by atoms with van der Waals surface area (Å²) in [7, 11) is 0. The second-order valence-electron chi connectivity index (χ2n) is 6.11. The van der Waals surface area contributed by atoms with Crippen LogP contribution in [0.4, 0.5) is 0 Å². The summed E-state index contributed by atoms with van der Waals surface area (Å²) in [6.45, 7) is 2.09. The molecular weight excluding hydrogens is 280 g/mol. The molecule has 0 heterocycles. The highest BCUT2D eigenvalue weighted by Gasteiger charge is 2.29. The lowest BCUT2D eigenvalue weighted by Gasteiger charge is -2.32. The van der Waals surface area contributed by atoms with Crippen molar-refractivity contribution in [3.63, 3.8) is 0 Å². The monoisotopic (exact) mass is 304 g/mol. The van der Waals surface area contributed by atoms with Crippen LogP contribution in [0.1, 0.15) is 48.0 Å². The van der Waals surface area contributed by atoms with Crippen molar-refractivity contribution in [2.45, 2.75) is 44.6 Å². The molecule has 1 saturated carbocycles. The Balaban J connectivity index is 1.74. The molecule has 1 aliphatic carbocycles. The molecule has 120 valence electrons. The van der Waals surface area contributed by atoms with Crippen molar-refractivity contribution in [2.24, 2.45) is 0 Å². The van der Waals surface area contributed by atoms with Gasteiger partial charge in [0.2, 0.25) is 5.91 Å². The number of nitrogens with one attached hydrogen (secondary N) is 2. The van der Waals surface area contributed by atoms with E-state index in [1.165, 1.54) is 0 Å². The van der Waals surface area contributed by atoms with Crippen molar-refractivity contribution < 1.29 is 14.7 Å². The topological polar surface area (TPSA) is 78.4 Å². The van der Waals surface area contributed by atoms with E-state index in [9.17, 15) is 14.7 Å². The Morgan fingerprint density at radius 1 is 1.18 bits per heavy atom. The van der Waals surface area contributed by atoms with E-state index in [-0.39, 0.29) is 24.9 Å². The van der Waals surface area contributed by atoms with E-state index < -0.39 is 5.60 Å². The molecule has 0 bridgehead atoms. The van der Waals surface area contributed by atoms with E-state index in [1.54, 1.807) is 12.1 Å². The Morgan fingerprint density at radius 3 is 2.59 bits per heavy atom. The quantitative estimate of drug-likeness (QED) is 0.772. The molecule has 0 aliphatic heterocycles. The average molecular weight is 304 g/mol. The van der Waals surface area contributed by atoms with E-state index in [4.69, 9.17) is 0 Å². The van der Waals surface area contributed by atoms with Crippen molar-refractivity contribution in [1.82, 2.24) is 10.6 Å². The number of benzene rings is 1. The first-order valence-corrected chi connectivity index (χ1v) is 7.82. The zero-order chi connectivity index (χ0) is 16.0. The fourth-order valence-corrected chi connectivity index (χ4v) is 2.76. The van der Waals surface area contributed by atoms with Crippen LogP contribution in [0.3, 0.4) is 0 Å². The Hall–Kier alpha value is -1.88. The van der Waals surface area contributed by atoms with Gasteiger partial charge in [-0.05, 0) is 31.9 Å². The molecule has 0 spiro atoms. The van der Waals surface area contributed by atoms with Gasteiger partial charge in [0.1, 0.15) is 0 Å². The molecule has 5 heteroatoms. The Kier molecular flexibility index (Phi) is 5.55. The summed E-state index contributed by atoms with van der Waals surface area (Å²) in [5.74, 6) is -0.546. The van der Waals surface area contributed by atoms with Gasteiger partial charge in [-0.2, -0.15) is 0 Å². The smallest absolute Gasteiger partial charge is 0.251 e. The molecule has 0 atom stereocenters. The van der Waals surface area contributed by atoms with Crippen molar-refractivity contribution >= 4 is 11.8 Å². The lowest BCUT2D eigenvalue weighted by Crippen LogP contribution is -2.46. The van der Waals surface area contributed by atoms with Gasteiger partial charge in [0.05, 0.1) is 12.1 Å².